The Morgan fingerprint density at radius 1 is 1.04 bits per heavy atom. The van der Waals surface area contributed by atoms with E-state index in [1.54, 1.807) is 30.3 Å². The number of hydrogen-bond donors (Lipinski definition) is 2. The maximum absolute atomic E-state index is 12.5. The van der Waals surface area contributed by atoms with Gasteiger partial charge in [-0.2, -0.15) is 0 Å². The van der Waals surface area contributed by atoms with Crippen molar-refractivity contribution >= 4 is 35.0 Å². The Morgan fingerprint density at radius 3 is 2.26 bits per heavy atom. The van der Waals surface area contributed by atoms with Crippen LogP contribution in [0.5, 0.6) is 0 Å². The van der Waals surface area contributed by atoms with Crippen molar-refractivity contribution in [1.82, 2.24) is 5.32 Å². The molecule has 0 aliphatic rings. The lowest BCUT2D eigenvalue weighted by Crippen LogP contribution is -2.28. The summed E-state index contributed by atoms with van der Waals surface area (Å²) in [4.78, 5) is 45.5. The molecule has 0 unspecified atom stereocenters. The Balaban J connectivity index is 2.28. The number of carbonyl (C=O) groups excluding carboxylic acids is 3. The zero-order valence-electron chi connectivity index (χ0n) is 14.7. The first-order valence-corrected chi connectivity index (χ1v) is 7.92. The van der Waals surface area contributed by atoms with Crippen LogP contribution in [0.3, 0.4) is 0 Å². The van der Waals surface area contributed by atoms with Gasteiger partial charge in [0.05, 0.1) is 4.92 Å². The van der Waals surface area contributed by atoms with E-state index in [0.717, 1.165) is 0 Å². The van der Waals surface area contributed by atoms with Crippen LogP contribution in [0.4, 0.5) is 11.4 Å². The van der Waals surface area contributed by atoms with E-state index < -0.39 is 16.7 Å². The number of benzene rings is 2. The highest BCUT2D eigenvalue weighted by Crippen LogP contribution is 2.16. The summed E-state index contributed by atoms with van der Waals surface area (Å²) < 4.78 is 0. The molecule has 2 rings (SSSR count). The van der Waals surface area contributed by atoms with Crippen LogP contribution in [0.1, 0.15) is 29.8 Å². The molecule has 27 heavy (non-hydrogen) atoms. The summed E-state index contributed by atoms with van der Waals surface area (Å²) in [5, 5.41) is 15.9. The molecule has 138 valence electrons. The molecule has 0 bridgehead atoms. The lowest BCUT2D eigenvalue weighted by molar-refractivity contribution is -0.384. The van der Waals surface area contributed by atoms with E-state index in [4.69, 9.17) is 0 Å². The zero-order chi connectivity index (χ0) is 20.0. The number of Topliss-reactive ketones (excluding diaryl/α,β-unsaturated/α-hetero) is 1. The molecule has 0 heterocycles. The lowest BCUT2D eigenvalue weighted by atomic mass is 10.1. The van der Waals surface area contributed by atoms with Gasteiger partial charge in [-0.15, -0.1) is 0 Å². The van der Waals surface area contributed by atoms with Crippen molar-refractivity contribution < 1.29 is 19.3 Å². The van der Waals surface area contributed by atoms with E-state index in [-0.39, 0.29) is 17.2 Å². The number of nitro benzene ring substituents is 1. The van der Waals surface area contributed by atoms with E-state index in [2.05, 4.69) is 10.6 Å². The summed E-state index contributed by atoms with van der Waals surface area (Å²) in [5.41, 5.74) is 1.11. The number of hydrogen-bond acceptors (Lipinski definition) is 5. The average Bonchev–Trinajstić information content (AvgIpc) is 2.61. The molecule has 0 atom stereocenters. The lowest BCUT2D eigenvalue weighted by Gasteiger charge is -2.10. The standard InChI is InChI=1S/C19H17N3O5/c1-12(23)15-6-8-16(9-7-15)21-19(25)18(20-13(2)24)11-14-4-3-5-17(10-14)22(26)27/h3-11H,1-2H3,(H,20,24)(H,21,25)/b18-11+. The van der Waals surface area contributed by atoms with Gasteiger partial charge in [-0.25, -0.2) is 0 Å². The normalized spacial score (nSPS) is 10.8. The van der Waals surface area contributed by atoms with E-state index in [9.17, 15) is 24.5 Å². The third-order valence-electron chi connectivity index (χ3n) is 3.50. The number of anilines is 1. The van der Waals surface area contributed by atoms with Crippen molar-refractivity contribution in [1.29, 1.82) is 0 Å². The van der Waals surface area contributed by atoms with Gasteiger partial charge >= 0.3 is 0 Å². The minimum absolute atomic E-state index is 0.0707. The second-order valence-electron chi connectivity index (χ2n) is 5.68. The van der Waals surface area contributed by atoms with Gasteiger partial charge in [-0.3, -0.25) is 24.5 Å². The molecule has 2 aromatic carbocycles. The van der Waals surface area contributed by atoms with Crippen LogP contribution >= 0.6 is 0 Å². The number of amides is 2. The zero-order valence-corrected chi connectivity index (χ0v) is 14.7. The highest BCUT2D eigenvalue weighted by Gasteiger charge is 2.13. The molecule has 8 nitrogen and oxygen atoms in total. The summed E-state index contributed by atoms with van der Waals surface area (Å²) >= 11 is 0. The van der Waals surface area contributed by atoms with Crippen molar-refractivity contribution in [2.45, 2.75) is 13.8 Å². The number of nitrogens with one attached hydrogen (secondary N) is 2. The van der Waals surface area contributed by atoms with Crippen molar-refractivity contribution in [2.24, 2.45) is 0 Å². The molecular formula is C19H17N3O5. The van der Waals surface area contributed by atoms with E-state index in [1.807, 2.05) is 0 Å². The van der Waals surface area contributed by atoms with Crippen molar-refractivity contribution in [3.8, 4) is 0 Å². The van der Waals surface area contributed by atoms with Crippen LogP contribution < -0.4 is 10.6 Å². The van der Waals surface area contributed by atoms with Gasteiger partial charge in [-0.05, 0) is 42.8 Å². The topological polar surface area (TPSA) is 118 Å². The third kappa shape index (κ3) is 5.60. The van der Waals surface area contributed by atoms with Gasteiger partial charge in [0.25, 0.3) is 11.6 Å². The number of non-ortho nitro benzene ring substituents is 1. The minimum atomic E-state index is -0.604. The van der Waals surface area contributed by atoms with Gasteiger partial charge in [0.2, 0.25) is 5.91 Å². The Bertz CT molecular complexity index is 933. The summed E-state index contributed by atoms with van der Waals surface area (Å²) in [6.07, 6.45) is 1.34. The Labute approximate surface area is 155 Å². The van der Waals surface area contributed by atoms with Gasteiger partial charge in [0, 0.05) is 30.3 Å². The summed E-state index contributed by atoms with van der Waals surface area (Å²) in [6.45, 7) is 2.68. The van der Waals surface area contributed by atoms with Crippen molar-refractivity contribution in [3.05, 3.63) is 75.5 Å². The molecule has 2 aromatic rings. The first kappa shape index (κ1) is 19.5. The quantitative estimate of drug-likeness (QED) is 0.352. The predicted octanol–water partition coefficient (Wildman–Crippen LogP) is 2.91. The number of carbonyl (C=O) groups is 3. The van der Waals surface area contributed by atoms with Crippen molar-refractivity contribution in [3.63, 3.8) is 0 Å². The number of rotatable bonds is 6. The molecule has 0 aliphatic heterocycles. The van der Waals surface area contributed by atoms with Crippen LogP contribution in [0, 0.1) is 10.1 Å². The summed E-state index contributed by atoms with van der Waals surface area (Å²) in [6, 6.07) is 11.9. The number of ketones is 1. The molecular weight excluding hydrogens is 350 g/mol. The maximum atomic E-state index is 12.5. The van der Waals surface area contributed by atoms with Crippen LogP contribution in [-0.4, -0.2) is 22.5 Å². The number of nitro groups is 1. The van der Waals surface area contributed by atoms with Crippen LogP contribution in [0.2, 0.25) is 0 Å². The molecule has 0 fully saturated rings. The van der Waals surface area contributed by atoms with E-state index >= 15 is 0 Å². The number of nitrogens with zero attached hydrogens (tertiary/aromatic N) is 1. The molecule has 0 radical (unpaired) electrons. The molecule has 8 heteroatoms. The largest absolute Gasteiger partial charge is 0.322 e. The van der Waals surface area contributed by atoms with Gasteiger partial charge in [0.15, 0.2) is 5.78 Å². The Hall–Kier alpha value is -3.81. The highest BCUT2D eigenvalue weighted by molar-refractivity contribution is 6.08. The van der Waals surface area contributed by atoms with E-state index in [1.165, 1.54) is 38.1 Å². The molecule has 2 N–H and O–H groups in total. The monoisotopic (exact) mass is 367 g/mol. The first-order valence-electron chi connectivity index (χ1n) is 7.92. The third-order valence-corrected chi connectivity index (χ3v) is 3.50. The van der Waals surface area contributed by atoms with Crippen molar-refractivity contribution in [2.75, 3.05) is 5.32 Å². The van der Waals surface area contributed by atoms with Crippen LogP contribution in [0.25, 0.3) is 6.08 Å². The Morgan fingerprint density at radius 2 is 1.70 bits per heavy atom. The van der Waals surface area contributed by atoms with E-state index in [0.29, 0.717) is 16.8 Å². The minimum Gasteiger partial charge on any atom is -0.322 e. The fourth-order valence-corrected chi connectivity index (χ4v) is 2.23. The smallest absolute Gasteiger partial charge is 0.272 e. The van der Waals surface area contributed by atoms with Gasteiger partial charge in [0.1, 0.15) is 5.70 Å². The van der Waals surface area contributed by atoms with Gasteiger partial charge in [-0.1, -0.05) is 12.1 Å². The van der Waals surface area contributed by atoms with Crippen LogP contribution in [-0.2, 0) is 9.59 Å². The summed E-state index contributed by atoms with van der Waals surface area (Å²) in [7, 11) is 0. The first-order chi connectivity index (χ1) is 12.8. The molecule has 0 spiro atoms. The predicted molar refractivity (Wildman–Crippen MR) is 100.0 cm³/mol. The maximum Gasteiger partial charge on any atom is 0.272 e. The Kier molecular flexibility index (Phi) is 6.16. The summed E-state index contributed by atoms with van der Waals surface area (Å²) in [5.74, 6) is -1.17. The second kappa shape index (κ2) is 8.52. The fraction of sp³-hybridized carbons (Fsp3) is 0.105. The molecule has 0 saturated heterocycles. The highest BCUT2D eigenvalue weighted by atomic mass is 16.6. The second-order valence-corrected chi connectivity index (χ2v) is 5.68. The molecule has 0 aliphatic carbocycles. The average molecular weight is 367 g/mol. The molecule has 0 aromatic heterocycles. The fourth-order valence-electron chi connectivity index (χ4n) is 2.23. The molecule has 0 saturated carbocycles. The van der Waals surface area contributed by atoms with Gasteiger partial charge < -0.3 is 10.6 Å². The SMILES string of the molecule is CC(=O)N/C(=C/c1cccc([N+](=O)[O-])c1)C(=O)Nc1ccc(C(C)=O)cc1. The molecule has 2 amide bonds. The van der Waals surface area contributed by atoms with Crippen LogP contribution in [0.15, 0.2) is 54.2 Å².